The first-order valence-electron chi connectivity index (χ1n) is 13.6. The lowest BCUT2D eigenvalue weighted by Crippen LogP contribution is -2.59. The van der Waals surface area contributed by atoms with Gasteiger partial charge >= 0.3 is 6.16 Å². The summed E-state index contributed by atoms with van der Waals surface area (Å²) in [6.07, 6.45) is 9.17. The summed E-state index contributed by atoms with van der Waals surface area (Å²) in [6.45, 7) is 1.99. The van der Waals surface area contributed by atoms with Gasteiger partial charge in [0.2, 0.25) is 11.6 Å². The van der Waals surface area contributed by atoms with Crippen LogP contribution in [0.5, 0.6) is 11.5 Å². The van der Waals surface area contributed by atoms with Gasteiger partial charge in [-0.25, -0.2) is 4.79 Å². The Kier molecular flexibility index (Phi) is 5.42. The van der Waals surface area contributed by atoms with E-state index in [1.807, 2.05) is 31.2 Å². The average molecular weight is 491 g/mol. The van der Waals surface area contributed by atoms with Crippen LogP contribution in [0.1, 0.15) is 74.8 Å². The molecule has 2 atom stereocenters. The van der Waals surface area contributed by atoms with Crippen LogP contribution in [0.25, 0.3) is 0 Å². The van der Waals surface area contributed by atoms with Gasteiger partial charge in [-0.05, 0) is 99.5 Å². The molecule has 6 aliphatic rings. The van der Waals surface area contributed by atoms with E-state index in [2.05, 4.69) is 6.07 Å². The topological polar surface area (TPSA) is 63.2 Å². The van der Waals surface area contributed by atoms with E-state index in [4.69, 9.17) is 24.0 Å². The summed E-state index contributed by atoms with van der Waals surface area (Å²) in [5.74, 6) is 2.58. The van der Waals surface area contributed by atoms with Gasteiger partial charge in [0.15, 0.2) is 0 Å². The number of hydrogen-bond donors (Lipinski definition) is 0. The van der Waals surface area contributed by atoms with E-state index in [0.29, 0.717) is 23.3 Å². The van der Waals surface area contributed by atoms with Crippen molar-refractivity contribution in [1.29, 1.82) is 0 Å². The van der Waals surface area contributed by atoms with Crippen molar-refractivity contribution in [3.05, 3.63) is 59.7 Å². The Hall–Kier alpha value is -2.41. The summed E-state index contributed by atoms with van der Waals surface area (Å²) >= 11 is 0. The minimum Gasteiger partial charge on any atom is -0.395 e. The van der Waals surface area contributed by atoms with Crippen molar-refractivity contribution in [3.63, 3.8) is 0 Å². The predicted molar refractivity (Wildman–Crippen MR) is 131 cm³/mol. The highest BCUT2D eigenvalue weighted by atomic mass is 17.3. The third-order valence-corrected chi connectivity index (χ3v) is 9.37. The van der Waals surface area contributed by atoms with E-state index in [9.17, 15) is 4.79 Å². The fraction of sp³-hybridized carbons (Fsp3) is 0.567. The zero-order chi connectivity index (χ0) is 24.3. The fourth-order valence-corrected chi connectivity index (χ4v) is 7.91. The second-order valence-electron chi connectivity index (χ2n) is 11.8. The van der Waals surface area contributed by atoms with Crippen molar-refractivity contribution in [2.45, 2.75) is 82.2 Å². The summed E-state index contributed by atoms with van der Waals surface area (Å²) in [4.78, 5) is 24.7. The molecular formula is C30H34O6. The van der Waals surface area contributed by atoms with E-state index in [1.165, 1.54) is 32.1 Å². The molecule has 1 saturated heterocycles. The highest BCUT2D eigenvalue weighted by molar-refractivity contribution is 5.67. The van der Waals surface area contributed by atoms with Gasteiger partial charge < -0.3 is 14.2 Å². The molecule has 190 valence electrons. The highest BCUT2D eigenvalue weighted by Crippen LogP contribution is 2.64. The highest BCUT2D eigenvalue weighted by Gasteiger charge is 2.67. The predicted octanol–water partition coefficient (Wildman–Crippen LogP) is 7.06. The maximum Gasteiger partial charge on any atom is 0.519 e. The molecule has 8 rings (SSSR count). The van der Waals surface area contributed by atoms with Crippen molar-refractivity contribution in [3.8, 4) is 11.5 Å². The molecule has 6 heteroatoms. The Labute approximate surface area is 212 Å². The second-order valence-corrected chi connectivity index (χ2v) is 11.8. The van der Waals surface area contributed by atoms with Gasteiger partial charge in [-0.3, -0.25) is 0 Å². The second kappa shape index (κ2) is 8.57. The molecule has 6 fully saturated rings. The van der Waals surface area contributed by atoms with E-state index in [0.717, 1.165) is 48.6 Å². The van der Waals surface area contributed by atoms with E-state index in [-0.39, 0.29) is 5.92 Å². The van der Waals surface area contributed by atoms with Gasteiger partial charge in [0.05, 0.1) is 0 Å². The molecule has 5 aliphatic carbocycles. The molecule has 0 N–H and O–H groups in total. The lowest BCUT2D eigenvalue weighted by atomic mass is 9.53. The SMILES string of the molecule is Cc1ccc(OC(=O)Oc2cccc([C@@H]3CCC[C@]4(C3)OOC3(O4)C4CC5CC(C4)CC3C5)c2)cc1. The van der Waals surface area contributed by atoms with Crippen LogP contribution >= 0.6 is 0 Å². The molecule has 1 aliphatic heterocycles. The third kappa shape index (κ3) is 3.94. The van der Waals surface area contributed by atoms with Crippen LogP contribution in [0.15, 0.2) is 48.5 Å². The maximum absolute atomic E-state index is 12.4. The quantitative estimate of drug-likeness (QED) is 0.261. The molecule has 36 heavy (non-hydrogen) atoms. The van der Waals surface area contributed by atoms with E-state index >= 15 is 0 Å². The van der Waals surface area contributed by atoms with Gasteiger partial charge in [-0.1, -0.05) is 29.8 Å². The zero-order valence-corrected chi connectivity index (χ0v) is 20.8. The molecular weight excluding hydrogens is 456 g/mol. The van der Waals surface area contributed by atoms with Crippen LogP contribution in [-0.2, 0) is 14.5 Å². The molecule has 0 unspecified atom stereocenters. The summed E-state index contributed by atoms with van der Waals surface area (Å²) in [5, 5.41) is 0. The standard InChI is InChI=1S/C30H34O6/c1-19-7-9-26(10-8-19)32-28(31)33-27-6-2-4-22(17-27)23-5-3-11-29(18-23)34-30(36-35-29)24-13-20-12-21(15-24)16-25(30)14-20/h2,4,6-10,17,20-21,23-25H,3,5,11-16,18H2,1H3/t20?,21?,23-,24?,25?,29-,30?/m1/s1. The van der Waals surface area contributed by atoms with Crippen LogP contribution in [0.3, 0.4) is 0 Å². The molecule has 6 nitrogen and oxygen atoms in total. The number of benzene rings is 2. The number of carbonyl (C=O) groups excluding carboxylic acids is 1. The van der Waals surface area contributed by atoms with Crippen LogP contribution in [-0.4, -0.2) is 17.7 Å². The Morgan fingerprint density at radius 3 is 2.36 bits per heavy atom. The molecule has 0 radical (unpaired) electrons. The number of hydrogen-bond acceptors (Lipinski definition) is 6. The third-order valence-electron chi connectivity index (χ3n) is 9.37. The lowest BCUT2D eigenvalue weighted by molar-refractivity contribution is -0.390. The number of carbonyl (C=O) groups is 1. The minimum absolute atomic E-state index is 0.242. The maximum atomic E-state index is 12.4. The summed E-state index contributed by atoms with van der Waals surface area (Å²) < 4.78 is 17.8. The number of rotatable bonds is 3. The van der Waals surface area contributed by atoms with Crippen molar-refractivity contribution < 1.29 is 28.8 Å². The van der Waals surface area contributed by atoms with E-state index < -0.39 is 17.7 Å². The van der Waals surface area contributed by atoms with Crippen molar-refractivity contribution in [2.75, 3.05) is 0 Å². The molecule has 4 bridgehead atoms. The molecule has 5 saturated carbocycles. The first kappa shape index (κ1) is 22.8. The average Bonchev–Trinajstić information content (AvgIpc) is 3.23. The molecule has 1 heterocycles. The number of aryl methyl sites for hydroxylation is 1. The van der Waals surface area contributed by atoms with Crippen molar-refractivity contribution >= 4 is 6.16 Å². The Balaban J connectivity index is 1.04. The largest absolute Gasteiger partial charge is 0.519 e. The molecule has 2 spiro atoms. The van der Waals surface area contributed by atoms with Crippen LogP contribution < -0.4 is 9.47 Å². The number of ether oxygens (including phenoxy) is 3. The summed E-state index contributed by atoms with van der Waals surface area (Å²) in [5.41, 5.74) is 2.22. The van der Waals surface area contributed by atoms with Gasteiger partial charge in [0.1, 0.15) is 11.5 Å². The fourth-order valence-electron chi connectivity index (χ4n) is 7.91. The molecule has 0 aromatic heterocycles. The molecule has 0 amide bonds. The van der Waals surface area contributed by atoms with Crippen LogP contribution in [0.2, 0.25) is 0 Å². The van der Waals surface area contributed by atoms with Crippen LogP contribution in [0.4, 0.5) is 4.79 Å². The Morgan fingerprint density at radius 2 is 1.61 bits per heavy atom. The lowest BCUT2D eigenvalue weighted by Gasteiger charge is -2.57. The summed E-state index contributed by atoms with van der Waals surface area (Å²) in [7, 11) is 0. The van der Waals surface area contributed by atoms with E-state index in [1.54, 1.807) is 18.2 Å². The first-order valence-corrected chi connectivity index (χ1v) is 13.6. The van der Waals surface area contributed by atoms with Crippen molar-refractivity contribution in [1.82, 2.24) is 0 Å². The zero-order valence-electron chi connectivity index (χ0n) is 20.8. The van der Waals surface area contributed by atoms with Gasteiger partial charge in [0.25, 0.3) is 0 Å². The molecule has 2 aromatic carbocycles. The summed E-state index contributed by atoms with van der Waals surface area (Å²) in [6, 6.07) is 15.1. The minimum atomic E-state index is -0.740. The normalized spacial score (nSPS) is 38.5. The Bertz CT molecular complexity index is 1110. The monoisotopic (exact) mass is 490 g/mol. The smallest absolute Gasteiger partial charge is 0.395 e. The Morgan fingerprint density at radius 1 is 0.889 bits per heavy atom. The van der Waals surface area contributed by atoms with Gasteiger partial charge in [0, 0.05) is 24.7 Å². The van der Waals surface area contributed by atoms with Gasteiger partial charge in [-0.2, -0.15) is 9.78 Å². The van der Waals surface area contributed by atoms with Gasteiger partial charge in [-0.15, -0.1) is 0 Å². The van der Waals surface area contributed by atoms with Crippen LogP contribution in [0, 0.1) is 30.6 Å². The first-order chi connectivity index (χ1) is 17.5. The van der Waals surface area contributed by atoms with Crippen molar-refractivity contribution in [2.24, 2.45) is 23.7 Å². The molecule has 2 aromatic rings.